The van der Waals surface area contributed by atoms with Crippen LogP contribution in [0.25, 0.3) is 17.0 Å². The number of fused-ring (bicyclic) bond motifs is 1. The Kier molecular flexibility index (Phi) is 4.44. The van der Waals surface area contributed by atoms with Crippen LogP contribution >= 0.6 is 0 Å². The van der Waals surface area contributed by atoms with Gasteiger partial charge in [-0.15, -0.1) is 0 Å². The van der Waals surface area contributed by atoms with Crippen molar-refractivity contribution < 1.29 is 26.7 Å². The van der Waals surface area contributed by atoms with Gasteiger partial charge in [0.1, 0.15) is 5.65 Å². The third-order valence-corrected chi connectivity index (χ3v) is 6.59. The number of aromatic nitrogens is 4. The fourth-order valence-electron chi connectivity index (χ4n) is 2.94. The summed E-state index contributed by atoms with van der Waals surface area (Å²) in [5, 5.41) is 3.34. The molecule has 12 heteroatoms. The SMILES string of the molecule is O=C(Cc1cn2cc(-c3noc(C(F)(F)F)n3)ccc2n1)N=S1(=O)CCCC1. The predicted octanol–water partition coefficient (Wildman–Crippen LogP) is 2.73. The highest BCUT2D eigenvalue weighted by Crippen LogP contribution is 2.29. The van der Waals surface area contributed by atoms with Crippen LogP contribution in [0.15, 0.2) is 33.4 Å². The van der Waals surface area contributed by atoms with Gasteiger partial charge in [0, 0.05) is 29.5 Å². The van der Waals surface area contributed by atoms with Gasteiger partial charge in [0.15, 0.2) is 0 Å². The molecule has 0 unspecified atom stereocenters. The number of hydrogen-bond donors (Lipinski definition) is 0. The maximum absolute atomic E-state index is 12.6. The highest BCUT2D eigenvalue weighted by molar-refractivity contribution is 7.94. The Hall–Kier alpha value is -2.76. The van der Waals surface area contributed by atoms with E-state index in [4.69, 9.17) is 0 Å². The first-order chi connectivity index (χ1) is 13.2. The summed E-state index contributed by atoms with van der Waals surface area (Å²) < 4.78 is 59.7. The molecule has 1 fully saturated rings. The van der Waals surface area contributed by atoms with E-state index in [-0.39, 0.29) is 12.2 Å². The molecule has 3 aromatic heterocycles. The van der Waals surface area contributed by atoms with Gasteiger partial charge in [-0.25, -0.2) is 9.19 Å². The summed E-state index contributed by atoms with van der Waals surface area (Å²) >= 11 is 0. The van der Waals surface area contributed by atoms with Crippen LogP contribution in [0.5, 0.6) is 0 Å². The molecule has 4 rings (SSSR count). The van der Waals surface area contributed by atoms with Gasteiger partial charge in [0.25, 0.3) is 5.91 Å². The largest absolute Gasteiger partial charge is 0.471 e. The standard InChI is InChI=1S/C16H14F3N5O3S/c17-16(18,19)15-21-14(22-27-15)10-3-4-12-20-11(9-24(12)8-10)7-13(25)23-28(26)5-1-2-6-28/h3-4,8-9H,1-2,5-7H2. The number of halogens is 3. The Morgan fingerprint density at radius 1 is 1.21 bits per heavy atom. The molecular weight excluding hydrogens is 399 g/mol. The highest BCUT2D eigenvalue weighted by Gasteiger charge is 2.38. The lowest BCUT2D eigenvalue weighted by Crippen LogP contribution is -2.08. The lowest BCUT2D eigenvalue weighted by Gasteiger charge is -1.98. The molecule has 1 aliphatic rings. The van der Waals surface area contributed by atoms with Gasteiger partial charge in [-0.2, -0.15) is 22.5 Å². The van der Waals surface area contributed by atoms with E-state index in [2.05, 4.69) is 24.0 Å². The Morgan fingerprint density at radius 2 is 1.96 bits per heavy atom. The van der Waals surface area contributed by atoms with E-state index in [1.165, 1.54) is 16.7 Å². The van der Waals surface area contributed by atoms with Crippen molar-refractivity contribution in [2.45, 2.75) is 25.4 Å². The number of amides is 1. The van der Waals surface area contributed by atoms with Gasteiger partial charge >= 0.3 is 12.1 Å². The average molecular weight is 413 g/mol. The first kappa shape index (κ1) is 18.6. The van der Waals surface area contributed by atoms with Crippen molar-refractivity contribution in [2.75, 3.05) is 11.5 Å². The van der Waals surface area contributed by atoms with Crippen molar-refractivity contribution >= 4 is 21.3 Å². The average Bonchev–Trinajstić information content (AvgIpc) is 3.31. The quantitative estimate of drug-likeness (QED) is 0.654. The fraction of sp³-hybridized carbons (Fsp3) is 0.375. The third-order valence-electron chi connectivity index (χ3n) is 4.20. The van der Waals surface area contributed by atoms with Crippen LogP contribution in [0.3, 0.4) is 0 Å². The maximum atomic E-state index is 12.6. The molecule has 0 bridgehead atoms. The molecule has 1 amide bonds. The van der Waals surface area contributed by atoms with E-state index in [9.17, 15) is 22.2 Å². The van der Waals surface area contributed by atoms with E-state index in [0.717, 1.165) is 12.8 Å². The predicted molar refractivity (Wildman–Crippen MR) is 91.7 cm³/mol. The number of nitrogens with zero attached hydrogens (tertiary/aromatic N) is 5. The van der Waals surface area contributed by atoms with E-state index in [0.29, 0.717) is 28.4 Å². The maximum Gasteiger partial charge on any atom is 0.471 e. The Labute approximate surface area is 156 Å². The molecule has 148 valence electrons. The smallest absolute Gasteiger partial charge is 0.329 e. The van der Waals surface area contributed by atoms with Crippen LogP contribution in [0.4, 0.5) is 13.2 Å². The first-order valence-electron chi connectivity index (χ1n) is 8.36. The summed E-state index contributed by atoms with van der Waals surface area (Å²) in [7, 11) is -2.43. The molecule has 0 saturated carbocycles. The number of imidazole rings is 1. The Morgan fingerprint density at radius 3 is 2.64 bits per heavy atom. The number of hydrogen-bond acceptors (Lipinski definition) is 6. The second-order valence-corrected chi connectivity index (χ2v) is 8.93. The van der Waals surface area contributed by atoms with E-state index in [1.807, 2.05) is 0 Å². The number of pyridine rings is 1. The third kappa shape index (κ3) is 3.77. The molecular formula is C16H14F3N5O3S. The van der Waals surface area contributed by atoms with Gasteiger partial charge in [0.05, 0.1) is 21.8 Å². The lowest BCUT2D eigenvalue weighted by molar-refractivity contribution is -0.159. The Bertz CT molecular complexity index is 1160. The molecule has 0 spiro atoms. The molecule has 3 aromatic rings. The molecule has 1 aliphatic heterocycles. The van der Waals surface area contributed by atoms with Gasteiger partial charge in [-0.3, -0.25) is 4.79 Å². The zero-order chi connectivity index (χ0) is 19.9. The van der Waals surface area contributed by atoms with Gasteiger partial charge in [-0.05, 0) is 25.0 Å². The van der Waals surface area contributed by atoms with Gasteiger partial charge in [-0.1, -0.05) is 5.16 Å². The molecule has 28 heavy (non-hydrogen) atoms. The summed E-state index contributed by atoms with van der Waals surface area (Å²) in [5.41, 5.74) is 1.19. The number of alkyl halides is 3. The molecule has 1 saturated heterocycles. The molecule has 0 atom stereocenters. The van der Waals surface area contributed by atoms with E-state index >= 15 is 0 Å². The van der Waals surface area contributed by atoms with Crippen molar-refractivity contribution in [3.63, 3.8) is 0 Å². The van der Waals surface area contributed by atoms with Crippen LogP contribution in [-0.4, -0.2) is 41.1 Å². The minimum absolute atomic E-state index is 0.103. The molecule has 0 N–H and O–H groups in total. The molecule has 0 aromatic carbocycles. The number of rotatable bonds is 3. The second-order valence-electron chi connectivity index (χ2n) is 6.39. The van der Waals surface area contributed by atoms with Crippen molar-refractivity contribution in [3.05, 3.63) is 36.1 Å². The minimum atomic E-state index is -4.72. The summed E-state index contributed by atoms with van der Waals surface area (Å²) in [6.07, 6.45) is -0.179. The van der Waals surface area contributed by atoms with E-state index in [1.54, 1.807) is 12.3 Å². The van der Waals surface area contributed by atoms with Crippen LogP contribution in [-0.2, 0) is 27.1 Å². The second kappa shape index (κ2) is 6.69. The topological polar surface area (TPSA) is 103 Å². The van der Waals surface area contributed by atoms with Crippen LogP contribution in [0, 0.1) is 0 Å². The summed E-state index contributed by atoms with van der Waals surface area (Å²) in [6, 6.07) is 3.06. The lowest BCUT2D eigenvalue weighted by atomic mass is 10.3. The molecule has 8 nitrogen and oxygen atoms in total. The fourth-order valence-corrected chi connectivity index (χ4v) is 5.07. The zero-order valence-corrected chi connectivity index (χ0v) is 15.2. The monoisotopic (exact) mass is 413 g/mol. The number of carbonyl (C=O) groups excluding carboxylic acids is 1. The molecule has 0 radical (unpaired) electrons. The Balaban J connectivity index is 1.57. The van der Waals surface area contributed by atoms with Crippen LogP contribution in [0.2, 0.25) is 0 Å². The van der Waals surface area contributed by atoms with Crippen LogP contribution in [0.1, 0.15) is 24.4 Å². The van der Waals surface area contributed by atoms with Gasteiger partial charge < -0.3 is 8.92 Å². The molecule has 4 heterocycles. The zero-order valence-electron chi connectivity index (χ0n) is 14.3. The van der Waals surface area contributed by atoms with Crippen molar-refractivity contribution in [1.82, 2.24) is 19.5 Å². The van der Waals surface area contributed by atoms with Gasteiger partial charge in [0.2, 0.25) is 5.82 Å². The van der Waals surface area contributed by atoms with Crippen molar-refractivity contribution in [1.29, 1.82) is 0 Å². The normalized spacial score (nSPS) is 16.5. The summed E-state index contributed by atoms with van der Waals surface area (Å²) in [6.45, 7) is 0. The summed E-state index contributed by atoms with van der Waals surface area (Å²) in [5.74, 6) is -1.25. The van der Waals surface area contributed by atoms with Crippen LogP contribution < -0.4 is 0 Å². The number of carbonyl (C=O) groups is 1. The minimum Gasteiger partial charge on any atom is -0.329 e. The first-order valence-corrected chi connectivity index (χ1v) is 10.2. The highest BCUT2D eigenvalue weighted by atomic mass is 32.2. The van der Waals surface area contributed by atoms with Crippen molar-refractivity contribution in [2.24, 2.45) is 4.36 Å². The van der Waals surface area contributed by atoms with E-state index < -0.39 is 27.7 Å². The van der Waals surface area contributed by atoms with Crippen molar-refractivity contribution in [3.8, 4) is 11.4 Å². The summed E-state index contributed by atoms with van der Waals surface area (Å²) in [4.78, 5) is 19.7. The molecule has 0 aliphatic carbocycles.